The van der Waals surface area contributed by atoms with Crippen LogP contribution in [0.15, 0.2) is 56.0 Å². The van der Waals surface area contributed by atoms with Crippen molar-refractivity contribution < 1.29 is 26.0 Å². The van der Waals surface area contributed by atoms with E-state index in [2.05, 4.69) is 12.6 Å². The van der Waals surface area contributed by atoms with Gasteiger partial charge in [0.15, 0.2) is 0 Å². The number of hydrogen-bond donors (Lipinski definition) is 1. The lowest BCUT2D eigenvalue weighted by Crippen LogP contribution is -2.04. The highest BCUT2D eigenvalue weighted by atomic mass is 32.2. The van der Waals surface area contributed by atoms with Gasteiger partial charge in [-0.05, 0) is 47.5 Å². The van der Waals surface area contributed by atoms with Crippen LogP contribution in [0.4, 0.5) is 8.78 Å². The topological polar surface area (TPSA) is 74.3 Å². The van der Waals surface area contributed by atoms with Crippen molar-refractivity contribution in [2.75, 3.05) is 0 Å². The number of thiol groups is 1. The fourth-order valence-corrected chi connectivity index (χ4v) is 3.39. The van der Waals surface area contributed by atoms with Crippen molar-refractivity contribution in [1.29, 1.82) is 0 Å². The van der Waals surface area contributed by atoms with E-state index in [4.69, 9.17) is 0 Å². The normalized spacial score (nSPS) is 13.1. The molecule has 0 aliphatic carbocycles. The summed E-state index contributed by atoms with van der Waals surface area (Å²) >= 11 is 0.965. The quantitative estimate of drug-likeness (QED) is 0.682. The van der Waals surface area contributed by atoms with E-state index in [0.29, 0.717) is 6.07 Å². The Hall–Kier alpha value is -1.29. The van der Waals surface area contributed by atoms with Gasteiger partial charge >= 0.3 is 0 Å². The molecule has 0 radical (unpaired) electrons. The van der Waals surface area contributed by atoms with E-state index >= 15 is 0 Å². The van der Waals surface area contributed by atoms with Crippen LogP contribution in [0.1, 0.15) is 0 Å². The van der Waals surface area contributed by atoms with Crippen molar-refractivity contribution >= 4 is 33.5 Å². The van der Waals surface area contributed by atoms with Gasteiger partial charge in [0.05, 0.1) is 14.7 Å². The Labute approximate surface area is 127 Å². The maximum absolute atomic E-state index is 13.5. The molecule has 0 fully saturated rings. The average Bonchev–Trinajstić information content (AvgIpc) is 2.41. The fourth-order valence-electron chi connectivity index (χ4n) is 1.57. The largest absolute Gasteiger partial charge is 0.768 e. The molecule has 0 heterocycles. The molecule has 1 unspecified atom stereocenters. The highest BCUT2D eigenvalue weighted by molar-refractivity contribution is 7.91. The highest BCUT2D eigenvalue weighted by Crippen LogP contribution is 2.25. The molecule has 2 aromatic rings. The standard InChI is InChI=1S/C12H8F2O4S3/c13-9-5-7(1-3-11(9)19)21(17,18)8-2-4-12(20(15)16)10(14)6-8/h1-6,19H,(H,15,16)/p-1. The summed E-state index contributed by atoms with van der Waals surface area (Å²) in [4.78, 5) is -1.53. The summed E-state index contributed by atoms with van der Waals surface area (Å²) in [6.07, 6.45) is 0. The molecular weight excluding hydrogens is 342 g/mol. The minimum atomic E-state index is -4.16. The van der Waals surface area contributed by atoms with E-state index in [1.165, 1.54) is 0 Å². The van der Waals surface area contributed by atoms with Crippen LogP contribution in [-0.4, -0.2) is 17.2 Å². The summed E-state index contributed by atoms with van der Waals surface area (Å²) in [5.41, 5.74) is 0. The zero-order valence-corrected chi connectivity index (χ0v) is 12.6. The summed E-state index contributed by atoms with van der Waals surface area (Å²) in [6.45, 7) is 0. The smallest absolute Gasteiger partial charge is 0.206 e. The molecule has 0 aliphatic rings. The van der Waals surface area contributed by atoms with E-state index in [1.54, 1.807) is 0 Å². The second kappa shape index (κ2) is 5.84. The van der Waals surface area contributed by atoms with Gasteiger partial charge in [-0.25, -0.2) is 17.2 Å². The van der Waals surface area contributed by atoms with Gasteiger partial charge in [0.25, 0.3) is 0 Å². The van der Waals surface area contributed by atoms with Crippen LogP contribution >= 0.6 is 12.6 Å². The maximum atomic E-state index is 13.5. The van der Waals surface area contributed by atoms with E-state index in [-0.39, 0.29) is 9.79 Å². The minimum Gasteiger partial charge on any atom is -0.768 e. The number of halogens is 2. The van der Waals surface area contributed by atoms with Crippen LogP contribution in [0.2, 0.25) is 0 Å². The van der Waals surface area contributed by atoms with E-state index in [9.17, 15) is 26.0 Å². The average molecular weight is 349 g/mol. The summed E-state index contributed by atoms with van der Waals surface area (Å²) in [7, 11) is -4.16. The van der Waals surface area contributed by atoms with Gasteiger partial charge in [-0.2, -0.15) is 0 Å². The predicted molar refractivity (Wildman–Crippen MR) is 72.7 cm³/mol. The predicted octanol–water partition coefficient (Wildman–Crippen LogP) is 2.32. The number of benzene rings is 2. The molecule has 0 saturated carbocycles. The summed E-state index contributed by atoms with van der Waals surface area (Å²) in [6, 6.07) is 5.38. The van der Waals surface area contributed by atoms with Crippen molar-refractivity contribution in [3.8, 4) is 0 Å². The van der Waals surface area contributed by atoms with E-state index in [0.717, 1.165) is 30.3 Å². The molecule has 0 amide bonds. The summed E-state index contributed by atoms with van der Waals surface area (Å²) < 4.78 is 72.7. The second-order valence-corrected chi connectivity index (χ2v) is 7.28. The first-order valence-corrected chi connectivity index (χ1v) is 8.36. The first-order valence-electron chi connectivity index (χ1n) is 5.36. The molecule has 0 aliphatic heterocycles. The molecule has 2 rings (SSSR count). The Bertz CT molecular complexity index is 834. The zero-order valence-electron chi connectivity index (χ0n) is 10.1. The van der Waals surface area contributed by atoms with Crippen molar-refractivity contribution in [3.05, 3.63) is 48.0 Å². The Morgan fingerprint density at radius 2 is 1.52 bits per heavy atom. The van der Waals surface area contributed by atoms with E-state index < -0.39 is 42.3 Å². The Kier molecular flexibility index (Phi) is 4.47. The highest BCUT2D eigenvalue weighted by Gasteiger charge is 2.20. The Morgan fingerprint density at radius 3 is 2.00 bits per heavy atom. The van der Waals surface area contributed by atoms with Gasteiger partial charge in [-0.15, -0.1) is 12.6 Å². The van der Waals surface area contributed by atoms with E-state index in [1.807, 2.05) is 0 Å². The van der Waals surface area contributed by atoms with Crippen molar-refractivity contribution in [2.24, 2.45) is 0 Å². The van der Waals surface area contributed by atoms with Crippen molar-refractivity contribution in [2.45, 2.75) is 19.6 Å². The molecule has 1 atom stereocenters. The number of rotatable bonds is 3. The van der Waals surface area contributed by atoms with Crippen LogP contribution in [0.3, 0.4) is 0 Å². The monoisotopic (exact) mass is 349 g/mol. The fraction of sp³-hybridized carbons (Fsp3) is 0. The van der Waals surface area contributed by atoms with Crippen LogP contribution in [0.25, 0.3) is 0 Å². The summed E-state index contributed by atoms with van der Waals surface area (Å²) in [5.74, 6) is -2.03. The summed E-state index contributed by atoms with van der Waals surface area (Å²) in [5, 5.41) is 0. The van der Waals surface area contributed by atoms with Gasteiger partial charge < -0.3 is 4.55 Å². The van der Waals surface area contributed by atoms with Gasteiger partial charge in [0.1, 0.15) is 11.6 Å². The molecule has 0 saturated heterocycles. The van der Waals surface area contributed by atoms with Gasteiger partial charge in [0.2, 0.25) is 9.84 Å². The lowest BCUT2D eigenvalue weighted by atomic mass is 10.3. The minimum absolute atomic E-state index is 0.0303. The number of hydrogen-bond acceptors (Lipinski definition) is 5. The Balaban J connectivity index is 2.56. The first-order chi connectivity index (χ1) is 9.73. The van der Waals surface area contributed by atoms with Crippen LogP contribution in [0, 0.1) is 11.6 Å². The molecule has 112 valence electrons. The molecule has 2 aromatic carbocycles. The molecule has 0 bridgehead atoms. The molecular formula is C12H7F2O4S3-. The molecule has 4 nitrogen and oxygen atoms in total. The van der Waals surface area contributed by atoms with Gasteiger partial charge in [0, 0.05) is 4.90 Å². The van der Waals surface area contributed by atoms with Gasteiger partial charge in [-0.1, -0.05) is 0 Å². The van der Waals surface area contributed by atoms with Gasteiger partial charge in [-0.3, -0.25) is 4.21 Å². The number of sulfone groups is 1. The maximum Gasteiger partial charge on any atom is 0.206 e. The third-order valence-corrected chi connectivity index (χ3v) is 5.42. The van der Waals surface area contributed by atoms with Crippen LogP contribution in [-0.2, 0) is 20.9 Å². The molecule has 0 N–H and O–H groups in total. The first kappa shape index (κ1) is 16.1. The Morgan fingerprint density at radius 1 is 1.00 bits per heavy atom. The van der Waals surface area contributed by atoms with Crippen LogP contribution < -0.4 is 0 Å². The zero-order chi connectivity index (χ0) is 15.8. The molecule has 0 spiro atoms. The third-order valence-electron chi connectivity index (χ3n) is 2.62. The lowest BCUT2D eigenvalue weighted by Gasteiger charge is -2.09. The second-order valence-electron chi connectivity index (χ2n) is 3.94. The SMILES string of the molecule is O=S([O-])c1ccc(S(=O)(=O)c2ccc(S)c(F)c2)cc1F. The molecule has 0 aromatic heterocycles. The van der Waals surface area contributed by atoms with Crippen LogP contribution in [0.5, 0.6) is 0 Å². The third kappa shape index (κ3) is 3.15. The molecule has 21 heavy (non-hydrogen) atoms. The molecule has 9 heteroatoms. The van der Waals surface area contributed by atoms with Crippen molar-refractivity contribution in [1.82, 2.24) is 0 Å². The lowest BCUT2D eigenvalue weighted by molar-refractivity contribution is 0.521. The van der Waals surface area contributed by atoms with Crippen molar-refractivity contribution in [3.63, 3.8) is 0 Å².